The summed E-state index contributed by atoms with van der Waals surface area (Å²) < 4.78 is 30.6. The second-order valence-corrected chi connectivity index (χ2v) is 7.18. The lowest BCUT2D eigenvalue weighted by atomic mass is 10.2. The summed E-state index contributed by atoms with van der Waals surface area (Å²) >= 11 is 0. The monoisotopic (exact) mass is 346 g/mol. The van der Waals surface area contributed by atoms with Crippen molar-refractivity contribution in [3.8, 4) is 11.4 Å². The van der Waals surface area contributed by atoms with Crippen LogP contribution in [0, 0.1) is 6.92 Å². The van der Waals surface area contributed by atoms with E-state index >= 15 is 0 Å². The third-order valence-electron chi connectivity index (χ3n) is 3.68. The molecule has 0 atom stereocenters. The van der Waals surface area contributed by atoms with Gasteiger partial charge in [0.1, 0.15) is 10.7 Å². The molecule has 0 radical (unpaired) electrons. The number of aromatic nitrogens is 5. The summed E-state index contributed by atoms with van der Waals surface area (Å²) in [4.78, 5) is 0.162. The number of hydrogen-bond donors (Lipinski definition) is 1. The quantitative estimate of drug-likeness (QED) is 0.744. The first-order chi connectivity index (χ1) is 11.4. The van der Waals surface area contributed by atoms with E-state index in [1.807, 2.05) is 30.3 Å². The Morgan fingerprint density at radius 2 is 1.83 bits per heavy atom. The average Bonchev–Trinajstić information content (AvgIpc) is 3.09. The smallest absolute Gasteiger partial charge is 0.244 e. The maximum Gasteiger partial charge on any atom is 0.244 e. The molecule has 126 valence electrons. The highest BCUT2D eigenvalue weighted by Gasteiger charge is 2.21. The molecule has 0 aliphatic heterocycles. The molecule has 0 aliphatic rings. The largest absolute Gasteiger partial charge is 0.313 e. The lowest BCUT2D eigenvalue weighted by Crippen LogP contribution is -2.25. The molecule has 0 saturated heterocycles. The molecule has 3 aromatic rings. The van der Waals surface area contributed by atoms with E-state index in [1.165, 1.54) is 10.9 Å². The van der Waals surface area contributed by atoms with Crippen molar-refractivity contribution in [1.82, 2.24) is 29.3 Å². The Labute approximate surface area is 140 Å². The van der Waals surface area contributed by atoms with Crippen molar-refractivity contribution < 1.29 is 8.42 Å². The van der Waals surface area contributed by atoms with Gasteiger partial charge >= 0.3 is 0 Å². The van der Waals surface area contributed by atoms with Gasteiger partial charge in [-0.15, -0.1) is 10.2 Å². The first kappa shape index (κ1) is 16.3. The van der Waals surface area contributed by atoms with Gasteiger partial charge in [0, 0.05) is 25.9 Å². The molecule has 0 unspecified atom stereocenters. The predicted molar refractivity (Wildman–Crippen MR) is 88.4 cm³/mol. The second kappa shape index (κ2) is 6.17. The van der Waals surface area contributed by atoms with Crippen LogP contribution >= 0.6 is 0 Å². The van der Waals surface area contributed by atoms with Gasteiger partial charge in [-0.2, -0.15) is 5.10 Å². The van der Waals surface area contributed by atoms with Gasteiger partial charge in [-0.05, 0) is 6.92 Å². The molecule has 0 spiro atoms. The Bertz CT molecular complexity index is 959. The highest BCUT2D eigenvalue weighted by atomic mass is 32.2. The number of benzene rings is 1. The fourth-order valence-electron chi connectivity index (χ4n) is 2.43. The van der Waals surface area contributed by atoms with E-state index in [0.29, 0.717) is 17.3 Å². The molecular formula is C15H18N6O2S. The summed E-state index contributed by atoms with van der Waals surface area (Å²) in [5, 5.41) is 12.3. The highest BCUT2D eigenvalue weighted by Crippen LogP contribution is 2.17. The maximum atomic E-state index is 12.4. The van der Waals surface area contributed by atoms with E-state index in [4.69, 9.17) is 0 Å². The minimum atomic E-state index is -3.65. The van der Waals surface area contributed by atoms with Crippen molar-refractivity contribution in [3.63, 3.8) is 0 Å². The van der Waals surface area contributed by atoms with Gasteiger partial charge in [0.25, 0.3) is 0 Å². The lowest BCUT2D eigenvalue weighted by molar-refractivity contribution is 0.576. The van der Waals surface area contributed by atoms with Crippen LogP contribution in [0.1, 0.15) is 11.5 Å². The van der Waals surface area contributed by atoms with Crippen molar-refractivity contribution >= 4 is 10.0 Å². The topological polar surface area (TPSA) is 94.7 Å². The molecule has 0 fully saturated rings. The fraction of sp³-hybridized carbons (Fsp3) is 0.267. The van der Waals surface area contributed by atoms with Crippen LogP contribution in [-0.4, -0.2) is 33.0 Å². The van der Waals surface area contributed by atoms with Crippen LogP contribution in [0.3, 0.4) is 0 Å². The van der Waals surface area contributed by atoms with Crippen molar-refractivity contribution in [2.75, 3.05) is 0 Å². The predicted octanol–water partition coefficient (Wildman–Crippen LogP) is 1.00. The summed E-state index contributed by atoms with van der Waals surface area (Å²) in [5.74, 6) is 1.21. The number of sulfonamides is 1. The van der Waals surface area contributed by atoms with E-state index in [9.17, 15) is 8.42 Å². The zero-order chi connectivity index (χ0) is 17.3. The number of aryl methyl sites for hydroxylation is 2. The molecule has 8 nitrogen and oxygen atoms in total. The summed E-state index contributed by atoms with van der Waals surface area (Å²) in [6.07, 6.45) is 1.48. The van der Waals surface area contributed by atoms with Crippen LogP contribution in [0.2, 0.25) is 0 Å². The van der Waals surface area contributed by atoms with Crippen LogP contribution < -0.4 is 4.72 Å². The molecular weight excluding hydrogens is 328 g/mol. The maximum absolute atomic E-state index is 12.4. The normalized spacial score (nSPS) is 11.8. The average molecular weight is 346 g/mol. The third kappa shape index (κ3) is 3.08. The van der Waals surface area contributed by atoms with Gasteiger partial charge in [0.2, 0.25) is 10.0 Å². The number of rotatable bonds is 5. The van der Waals surface area contributed by atoms with Gasteiger partial charge in [0.15, 0.2) is 5.82 Å². The third-order valence-corrected chi connectivity index (χ3v) is 5.18. The summed E-state index contributed by atoms with van der Waals surface area (Å²) in [6, 6.07) is 9.61. The molecule has 2 aromatic heterocycles. The minimum absolute atomic E-state index is 0.0486. The second-order valence-electron chi connectivity index (χ2n) is 5.44. The number of hydrogen-bond acceptors (Lipinski definition) is 5. The zero-order valence-corrected chi connectivity index (χ0v) is 14.4. The molecule has 3 rings (SSSR count). The molecule has 2 heterocycles. The fourth-order valence-corrected chi connectivity index (χ4v) is 3.63. The van der Waals surface area contributed by atoms with Gasteiger partial charge in [-0.1, -0.05) is 30.3 Å². The molecule has 0 aliphatic carbocycles. The molecule has 1 N–H and O–H groups in total. The van der Waals surface area contributed by atoms with Crippen LogP contribution in [0.15, 0.2) is 41.4 Å². The minimum Gasteiger partial charge on any atom is -0.313 e. The molecule has 9 heteroatoms. The van der Waals surface area contributed by atoms with Crippen LogP contribution in [0.5, 0.6) is 0 Å². The van der Waals surface area contributed by atoms with E-state index in [0.717, 1.165) is 5.56 Å². The summed E-state index contributed by atoms with van der Waals surface area (Å²) in [7, 11) is -0.167. The highest BCUT2D eigenvalue weighted by molar-refractivity contribution is 7.89. The van der Waals surface area contributed by atoms with Gasteiger partial charge in [-0.25, -0.2) is 13.1 Å². The van der Waals surface area contributed by atoms with Gasteiger partial charge in [0.05, 0.1) is 12.2 Å². The number of nitrogens with zero attached hydrogens (tertiary/aromatic N) is 5. The Kier molecular flexibility index (Phi) is 4.20. The SMILES string of the molecule is Cc1nn(C)cc1S(=O)(=O)NCc1nnc(-c2ccccc2)n1C. The van der Waals surface area contributed by atoms with E-state index in [2.05, 4.69) is 20.0 Å². The van der Waals surface area contributed by atoms with Crippen molar-refractivity contribution in [2.45, 2.75) is 18.4 Å². The Morgan fingerprint density at radius 1 is 1.12 bits per heavy atom. The summed E-state index contributed by atoms with van der Waals surface area (Å²) in [6.45, 7) is 1.71. The van der Waals surface area contributed by atoms with E-state index in [1.54, 1.807) is 25.6 Å². The van der Waals surface area contributed by atoms with Crippen LogP contribution in [-0.2, 0) is 30.7 Å². The van der Waals surface area contributed by atoms with Crippen LogP contribution in [0.25, 0.3) is 11.4 Å². The van der Waals surface area contributed by atoms with Crippen molar-refractivity contribution in [3.05, 3.63) is 48.0 Å². The first-order valence-corrected chi connectivity index (χ1v) is 8.80. The first-order valence-electron chi connectivity index (χ1n) is 7.32. The molecule has 0 saturated carbocycles. The molecule has 24 heavy (non-hydrogen) atoms. The molecule has 1 aromatic carbocycles. The standard InChI is InChI=1S/C15H18N6O2S/c1-11-13(10-20(2)19-11)24(22,23)16-9-14-17-18-15(21(14)3)12-7-5-4-6-8-12/h4-8,10,16H,9H2,1-3H3. The molecule has 0 bridgehead atoms. The Balaban J connectivity index is 1.81. The van der Waals surface area contributed by atoms with Crippen LogP contribution in [0.4, 0.5) is 0 Å². The Hall–Kier alpha value is -2.52. The van der Waals surface area contributed by atoms with Crippen molar-refractivity contribution in [1.29, 1.82) is 0 Å². The number of nitrogens with one attached hydrogen (secondary N) is 1. The van der Waals surface area contributed by atoms with Crippen molar-refractivity contribution in [2.24, 2.45) is 14.1 Å². The Morgan fingerprint density at radius 3 is 2.46 bits per heavy atom. The molecule has 0 amide bonds. The van der Waals surface area contributed by atoms with E-state index in [-0.39, 0.29) is 11.4 Å². The van der Waals surface area contributed by atoms with E-state index < -0.39 is 10.0 Å². The van der Waals surface area contributed by atoms with Gasteiger partial charge < -0.3 is 4.57 Å². The zero-order valence-electron chi connectivity index (χ0n) is 13.6. The summed E-state index contributed by atoms with van der Waals surface area (Å²) in [5.41, 5.74) is 1.37. The lowest BCUT2D eigenvalue weighted by Gasteiger charge is -2.06. The van der Waals surface area contributed by atoms with Gasteiger partial charge in [-0.3, -0.25) is 4.68 Å².